The van der Waals surface area contributed by atoms with E-state index in [1.165, 1.54) is 13.0 Å². The van der Waals surface area contributed by atoms with E-state index in [4.69, 9.17) is 0 Å². The highest BCUT2D eigenvalue weighted by Crippen LogP contribution is 2.36. The normalized spacial score (nSPS) is 28.1. The van der Waals surface area contributed by atoms with Gasteiger partial charge in [-0.2, -0.15) is 0 Å². The largest absolute Gasteiger partial charge is 0.315 e. The maximum atomic E-state index is 3.59. The van der Waals surface area contributed by atoms with Crippen molar-refractivity contribution in [3.05, 3.63) is 0 Å². The summed E-state index contributed by atoms with van der Waals surface area (Å²) < 4.78 is 0. The van der Waals surface area contributed by atoms with Gasteiger partial charge in [0, 0.05) is 12.6 Å². The zero-order chi connectivity index (χ0) is 10.6. The summed E-state index contributed by atoms with van der Waals surface area (Å²) in [5, 5.41) is 7.06. The highest BCUT2D eigenvalue weighted by Gasteiger charge is 2.31. The van der Waals surface area contributed by atoms with E-state index in [9.17, 15) is 0 Å². The molecule has 84 valence electrons. The van der Waals surface area contributed by atoms with Crippen LogP contribution in [0.2, 0.25) is 0 Å². The molecule has 0 aliphatic heterocycles. The van der Waals surface area contributed by atoms with E-state index in [0.717, 1.165) is 30.8 Å². The molecular weight excluding hydrogens is 172 g/mol. The molecule has 2 heteroatoms. The molecule has 1 saturated carbocycles. The predicted molar refractivity (Wildman–Crippen MR) is 62.4 cm³/mol. The van der Waals surface area contributed by atoms with Crippen molar-refractivity contribution in [3.63, 3.8) is 0 Å². The van der Waals surface area contributed by atoms with Gasteiger partial charge < -0.3 is 10.6 Å². The molecule has 2 N–H and O–H groups in total. The zero-order valence-electron chi connectivity index (χ0n) is 10.1. The standard InChI is InChI=1S/C12H26N2/c1-9(2)6-13-7-11(4)14-8-12-5-10(12)3/h9-14H,5-8H2,1-4H3. The lowest BCUT2D eigenvalue weighted by atomic mass is 10.2. The van der Waals surface area contributed by atoms with E-state index in [-0.39, 0.29) is 0 Å². The fourth-order valence-corrected chi connectivity index (χ4v) is 1.70. The van der Waals surface area contributed by atoms with Crippen LogP contribution in [0.3, 0.4) is 0 Å². The minimum Gasteiger partial charge on any atom is -0.315 e. The lowest BCUT2D eigenvalue weighted by Crippen LogP contribution is -2.38. The lowest BCUT2D eigenvalue weighted by molar-refractivity contribution is 0.461. The summed E-state index contributed by atoms with van der Waals surface area (Å²) in [5.74, 6) is 2.69. The van der Waals surface area contributed by atoms with Crippen molar-refractivity contribution < 1.29 is 0 Å². The highest BCUT2D eigenvalue weighted by atomic mass is 15.0. The SMILES string of the molecule is CC(C)CNCC(C)NCC1CC1C. The molecule has 0 bridgehead atoms. The Balaban J connectivity index is 1.90. The van der Waals surface area contributed by atoms with E-state index < -0.39 is 0 Å². The summed E-state index contributed by atoms with van der Waals surface area (Å²) in [7, 11) is 0. The van der Waals surface area contributed by atoms with Gasteiger partial charge >= 0.3 is 0 Å². The average molecular weight is 198 g/mol. The molecular formula is C12H26N2. The Morgan fingerprint density at radius 3 is 2.36 bits per heavy atom. The second kappa shape index (κ2) is 5.72. The Hall–Kier alpha value is -0.0800. The third kappa shape index (κ3) is 4.97. The zero-order valence-corrected chi connectivity index (χ0v) is 10.1. The molecule has 0 heterocycles. The van der Waals surface area contributed by atoms with Gasteiger partial charge in [-0.25, -0.2) is 0 Å². The van der Waals surface area contributed by atoms with Crippen LogP contribution >= 0.6 is 0 Å². The van der Waals surface area contributed by atoms with E-state index in [2.05, 4.69) is 38.3 Å². The second-order valence-electron chi connectivity index (χ2n) is 5.33. The van der Waals surface area contributed by atoms with E-state index in [1.807, 2.05) is 0 Å². The molecule has 0 amide bonds. The molecule has 3 unspecified atom stereocenters. The van der Waals surface area contributed by atoms with Crippen molar-refractivity contribution >= 4 is 0 Å². The number of hydrogen-bond acceptors (Lipinski definition) is 2. The first-order valence-electron chi connectivity index (χ1n) is 6.03. The summed E-state index contributed by atoms with van der Waals surface area (Å²) in [6.07, 6.45) is 1.43. The van der Waals surface area contributed by atoms with Gasteiger partial charge in [0.15, 0.2) is 0 Å². The quantitative estimate of drug-likeness (QED) is 0.652. The van der Waals surface area contributed by atoms with Crippen molar-refractivity contribution in [1.29, 1.82) is 0 Å². The third-order valence-electron chi connectivity index (χ3n) is 3.01. The molecule has 0 spiro atoms. The molecule has 2 nitrogen and oxygen atoms in total. The lowest BCUT2D eigenvalue weighted by Gasteiger charge is -2.15. The monoisotopic (exact) mass is 198 g/mol. The van der Waals surface area contributed by atoms with Gasteiger partial charge in [0.2, 0.25) is 0 Å². The van der Waals surface area contributed by atoms with E-state index in [1.54, 1.807) is 0 Å². The maximum absolute atomic E-state index is 3.59. The Kier molecular flexibility index (Phi) is 4.90. The molecule has 1 fully saturated rings. The van der Waals surface area contributed by atoms with Crippen LogP contribution in [0.1, 0.15) is 34.1 Å². The summed E-state index contributed by atoms with van der Waals surface area (Å²) in [6.45, 7) is 12.5. The van der Waals surface area contributed by atoms with Crippen LogP contribution in [0.15, 0.2) is 0 Å². The van der Waals surface area contributed by atoms with Crippen molar-refractivity contribution in [2.24, 2.45) is 17.8 Å². The van der Waals surface area contributed by atoms with Crippen molar-refractivity contribution in [2.45, 2.75) is 40.2 Å². The molecule has 0 aromatic heterocycles. The third-order valence-corrected chi connectivity index (χ3v) is 3.01. The summed E-state index contributed by atoms with van der Waals surface area (Å²) >= 11 is 0. The van der Waals surface area contributed by atoms with Crippen LogP contribution in [0, 0.1) is 17.8 Å². The molecule has 3 atom stereocenters. The minimum atomic E-state index is 0.613. The Labute approximate surface area is 88.8 Å². The van der Waals surface area contributed by atoms with Crippen LogP contribution in [-0.2, 0) is 0 Å². The molecule has 0 saturated heterocycles. The van der Waals surface area contributed by atoms with E-state index in [0.29, 0.717) is 6.04 Å². The first kappa shape index (κ1) is 12.0. The first-order chi connectivity index (χ1) is 6.59. The Bertz CT molecular complexity index is 156. The van der Waals surface area contributed by atoms with Gasteiger partial charge in [-0.3, -0.25) is 0 Å². The Morgan fingerprint density at radius 2 is 1.86 bits per heavy atom. The molecule has 1 aliphatic carbocycles. The van der Waals surface area contributed by atoms with Gasteiger partial charge in [-0.1, -0.05) is 20.8 Å². The maximum Gasteiger partial charge on any atom is 0.0164 e. The second-order valence-corrected chi connectivity index (χ2v) is 5.33. The van der Waals surface area contributed by atoms with Crippen LogP contribution < -0.4 is 10.6 Å². The smallest absolute Gasteiger partial charge is 0.0164 e. The van der Waals surface area contributed by atoms with Crippen LogP contribution in [0.25, 0.3) is 0 Å². The first-order valence-corrected chi connectivity index (χ1v) is 6.03. The molecule has 14 heavy (non-hydrogen) atoms. The van der Waals surface area contributed by atoms with Gasteiger partial charge in [-0.05, 0) is 44.2 Å². The van der Waals surface area contributed by atoms with Crippen LogP contribution in [-0.4, -0.2) is 25.7 Å². The van der Waals surface area contributed by atoms with Gasteiger partial charge in [0.05, 0.1) is 0 Å². The number of rotatable bonds is 7. The number of hydrogen-bond donors (Lipinski definition) is 2. The number of nitrogens with one attached hydrogen (secondary N) is 2. The van der Waals surface area contributed by atoms with Crippen LogP contribution in [0.4, 0.5) is 0 Å². The highest BCUT2D eigenvalue weighted by molar-refractivity contribution is 4.84. The molecule has 1 aliphatic rings. The van der Waals surface area contributed by atoms with Crippen LogP contribution in [0.5, 0.6) is 0 Å². The molecule has 0 aromatic carbocycles. The summed E-state index contributed by atoms with van der Waals surface area (Å²) in [6, 6.07) is 0.613. The minimum absolute atomic E-state index is 0.613. The fourth-order valence-electron chi connectivity index (χ4n) is 1.70. The average Bonchev–Trinajstić information content (AvgIpc) is 2.78. The van der Waals surface area contributed by atoms with Crippen molar-refractivity contribution in [1.82, 2.24) is 10.6 Å². The topological polar surface area (TPSA) is 24.1 Å². The fraction of sp³-hybridized carbons (Fsp3) is 1.00. The molecule has 0 aromatic rings. The van der Waals surface area contributed by atoms with Gasteiger partial charge in [0.1, 0.15) is 0 Å². The Morgan fingerprint density at radius 1 is 1.21 bits per heavy atom. The van der Waals surface area contributed by atoms with Crippen molar-refractivity contribution in [3.8, 4) is 0 Å². The molecule has 0 radical (unpaired) electrons. The molecule has 1 rings (SSSR count). The summed E-state index contributed by atoms with van der Waals surface area (Å²) in [5.41, 5.74) is 0. The van der Waals surface area contributed by atoms with Crippen molar-refractivity contribution in [2.75, 3.05) is 19.6 Å². The summed E-state index contributed by atoms with van der Waals surface area (Å²) in [4.78, 5) is 0. The van der Waals surface area contributed by atoms with E-state index >= 15 is 0 Å². The van der Waals surface area contributed by atoms with Gasteiger partial charge in [0.25, 0.3) is 0 Å². The van der Waals surface area contributed by atoms with Gasteiger partial charge in [-0.15, -0.1) is 0 Å². The predicted octanol–water partition coefficient (Wildman–Crippen LogP) is 1.87.